The number of allylic oxidation sites excluding steroid dienone is 1. The van der Waals surface area contributed by atoms with E-state index in [0.717, 1.165) is 6.42 Å². The molecule has 0 amide bonds. The van der Waals surface area contributed by atoms with Crippen LogP contribution in [0.1, 0.15) is 33.6 Å². The highest BCUT2D eigenvalue weighted by Gasteiger charge is 2.25. The Morgan fingerprint density at radius 2 is 1.92 bits per heavy atom. The van der Waals surface area contributed by atoms with Crippen molar-refractivity contribution in [3.05, 3.63) is 12.2 Å². The maximum atomic E-state index is 8.93. The van der Waals surface area contributed by atoms with E-state index < -0.39 is 0 Å². The van der Waals surface area contributed by atoms with Gasteiger partial charge in [-0.25, -0.2) is 0 Å². The molecule has 1 heteroatoms. The van der Waals surface area contributed by atoms with Crippen molar-refractivity contribution < 1.29 is 5.11 Å². The van der Waals surface area contributed by atoms with Gasteiger partial charge in [0.2, 0.25) is 0 Å². The van der Waals surface area contributed by atoms with Gasteiger partial charge in [0, 0.05) is 6.61 Å². The van der Waals surface area contributed by atoms with Crippen LogP contribution >= 0.6 is 0 Å². The molecule has 0 aliphatic heterocycles. The van der Waals surface area contributed by atoms with Gasteiger partial charge in [0.05, 0.1) is 0 Å². The minimum Gasteiger partial charge on any atom is -0.396 e. The molecular formula is C11H20O. The number of rotatable bonds is 1. The summed E-state index contributed by atoms with van der Waals surface area (Å²) in [4.78, 5) is 0. The quantitative estimate of drug-likeness (QED) is 0.597. The fraction of sp³-hybridized carbons (Fsp3) is 0.818. The molecular weight excluding hydrogens is 148 g/mol. The van der Waals surface area contributed by atoms with Gasteiger partial charge in [-0.15, -0.1) is 0 Å². The van der Waals surface area contributed by atoms with E-state index in [2.05, 4.69) is 32.9 Å². The molecule has 1 aliphatic rings. The molecule has 0 aromatic carbocycles. The highest BCUT2D eigenvalue weighted by molar-refractivity contribution is 5.01. The zero-order chi connectivity index (χ0) is 9.19. The standard InChI is InChI=1S/C11H20O/c1-11(2,3)10-6-4-9(8-12)5-7-10/h4,6,9-10,12H,5,7-8H2,1-3H3/t9-,10+/m0/s1. The third kappa shape index (κ3) is 2.34. The van der Waals surface area contributed by atoms with Crippen molar-refractivity contribution in [3.63, 3.8) is 0 Å². The van der Waals surface area contributed by atoms with Crippen LogP contribution in [0.4, 0.5) is 0 Å². The van der Waals surface area contributed by atoms with Crippen LogP contribution in [-0.4, -0.2) is 11.7 Å². The second-order valence-electron chi connectivity index (χ2n) is 4.88. The van der Waals surface area contributed by atoms with E-state index in [1.54, 1.807) is 0 Å². The number of hydrogen-bond donors (Lipinski definition) is 1. The minimum atomic E-state index is 0.313. The summed E-state index contributed by atoms with van der Waals surface area (Å²) in [7, 11) is 0. The van der Waals surface area contributed by atoms with E-state index in [4.69, 9.17) is 5.11 Å². The Hall–Kier alpha value is -0.300. The molecule has 0 saturated carbocycles. The van der Waals surface area contributed by atoms with Gasteiger partial charge in [0.15, 0.2) is 0 Å². The fourth-order valence-corrected chi connectivity index (χ4v) is 1.75. The van der Waals surface area contributed by atoms with E-state index in [9.17, 15) is 0 Å². The summed E-state index contributed by atoms with van der Waals surface area (Å²) in [6.45, 7) is 7.15. The van der Waals surface area contributed by atoms with Crippen molar-refractivity contribution in [3.8, 4) is 0 Å². The van der Waals surface area contributed by atoms with Gasteiger partial charge < -0.3 is 5.11 Å². The second kappa shape index (κ2) is 3.61. The zero-order valence-electron chi connectivity index (χ0n) is 8.38. The number of hydrogen-bond acceptors (Lipinski definition) is 1. The van der Waals surface area contributed by atoms with Crippen LogP contribution in [0.3, 0.4) is 0 Å². The summed E-state index contributed by atoms with van der Waals surface area (Å²) >= 11 is 0. The van der Waals surface area contributed by atoms with E-state index in [0.29, 0.717) is 23.9 Å². The molecule has 1 aliphatic carbocycles. The van der Waals surface area contributed by atoms with Gasteiger partial charge in [-0.3, -0.25) is 0 Å². The van der Waals surface area contributed by atoms with Crippen LogP contribution in [0.15, 0.2) is 12.2 Å². The van der Waals surface area contributed by atoms with E-state index in [-0.39, 0.29) is 0 Å². The molecule has 1 rings (SSSR count). The number of aliphatic hydroxyl groups is 1. The Labute approximate surface area is 75.5 Å². The fourth-order valence-electron chi connectivity index (χ4n) is 1.75. The van der Waals surface area contributed by atoms with E-state index in [1.807, 2.05) is 0 Å². The van der Waals surface area contributed by atoms with Crippen LogP contribution in [0.5, 0.6) is 0 Å². The van der Waals surface area contributed by atoms with Crippen molar-refractivity contribution >= 4 is 0 Å². The smallest absolute Gasteiger partial charge is 0.0493 e. The lowest BCUT2D eigenvalue weighted by Gasteiger charge is -2.32. The van der Waals surface area contributed by atoms with Gasteiger partial charge in [-0.2, -0.15) is 0 Å². The molecule has 12 heavy (non-hydrogen) atoms. The lowest BCUT2D eigenvalue weighted by molar-refractivity contribution is 0.205. The van der Waals surface area contributed by atoms with Gasteiger partial charge in [-0.1, -0.05) is 32.9 Å². The topological polar surface area (TPSA) is 20.2 Å². The average molecular weight is 168 g/mol. The average Bonchev–Trinajstić information content (AvgIpc) is 2.03. The van der Waals surface area contributed by atoms with Crippen LogP contribution in [0.2, 0.25) is 0 Å². The molecule has 0 bridgehead atoms. The molecule has 0 heterocycles. The number of aliphatic hydroxyl groups excluding tert-OH is 1. The second-order valence-corrected chi connectivity index (χ2v) is 4.88. The molecule has 0 radical (unpaired) electrons. The van der Waals surface area contributed by atoms with Gasteiger partial charge >= 0.3 is 0 Å². The van der Waals surface area contributed by atoms with Crippen molar-refractivity contribution in [1.29, 1.82) is 0 Å². The van der Waals surface area contributed by atoms with Crippen molar-refractivity contribution in [2.75, 3.05) is 6.61 Å². The molecule has 1 nitrogen and oxygen atoms in total. The molecule has 0 spiro atoms. The molecule has 2 atom stereocenters. The van der Waals surface area contributed by atoms with Crippen LogP contribution in [0.25, 0.3) is 0 Å². The summed E-state index contributed by atoms with van der Waals surface area (Å²) in [5.41, 5.74) is 0.386. The van der Waals surface area contributed by atoms with Crippen molar-refractivity contribution in [2.24, 2.45) is 17.3 Å². The highest BCUT2D eigenvalue weighted by Crippen LogP contribution is 2.35. The van der Waals surface area contributed by atoms with Crippen LogP contribution in [-0.2, 0) is 0 Å². The van der Waals surface area contributed by atoms with Gasteiger partial charge in [0.25, 0.3) is 0 Å². The Morgan fingerprint density at radius 1 is 1.25 bits per heavy atom. The molecule has 70 valence electrons. The first-order valence-corrected chi connectivity index (χ1v) is 4.83. The minimum absolute atomic E-state index is 0.313. The van der Waals surface area contributed by atoms with Gasteiger partial charge in [-0.05, 0) is 30.1 Å². The first kappa shape index (κ1) is 9.79. The van der Waals surface area contributed by atoms with Gasteiger partial charge in [0.1, 0.15) is 0 Å². The monoisotopic (exact) mass is 168 g/mol. The molecule has 0 aromatic heterocycles. The lowest BCUT2D eigenvalue weighted by atomic mass is 9.74. The predicted octanol–water partition coefficient (Wildman–Crippen LogP) is 2.61. The Morgan fingerprint density at radius 3 is 2.25 bits per heavy atom. The zero-order valence-corrected chi connectivity index (χ0v) is 8.38. The molecule has 0 aromatic rings. The molecule has 0 unspecified atom stereocenters. The Bertz CT molecular complexity index is 164. The van der Waals surface area contributed by atoms with Crippen molar-refractivity contribution in [1.82, 2.24) is 0 Å². The van der Waals surface area contributed by atoms with Crippen molar-refractivity contribution in [2.45, 2.75) is 33.6 Å². The lowest BCUT2D eigenvalue weighted by Crippen LogP contribution is -2.22. The molecule has 0 fully saturated rings. The Balaban J connectivity index is 2.54. The first-order chi connectivity index (χ1) is 5.54. The summed E-state index contributed by atoms with van der Waals surface area (Å²) in [6, 6.07) is 0. The van der Waals surface area contributed by atoms with Crippen LogP contribution in [0, 0.1) is 17.3 Å². The third-order valence-corrected chi connectivity index (χ3v) is 2.81. The summed E-state index contributed by atoms with van der Waals surface area (Å²) in [5, 5.41) is 8.93. The Kier molecular flexibility index (Phi) is 2.94. The predicted molar refractivity (Wildman–Crippen MR) is 51.9 cm³/mol. The third-order valence-electron chi connectivity index (χ3n) is 2.81. The largest absolute Gasteiger partial charge is 0.396 e. The molecule has 0 saturated heterocycles. The summed E-state index contributed by atoms with van der Waals surface area (Å²) in [5.74, 6) is 1.11. The summed E-state index contributed by atoms with van der Waals surface area (Å²) in [6.07, 6.45) is 6.84. The normalized spacial score (nSPS) is 30.7. The first-order valence-electron chi connectivity index (χ1n) is 4.83. The maximum Gasteiger partial charge on any atom is 0.0493 e. The highest BCUT2D eigenvalue weighted by atomic mass is 16.3. The molecule has 1 N–H and O–H groups in total. The van der Waals surface area contributed by atoms with Crippen LogP contribution < -0.4 is 0 Å². The maximum absolute atomic E-state index is 8.93. The summed E-state index contributed by atoms with van der Waals surface area (Å²) < 4.78 is 0. The van der Waals surface area contributed by atoms with E-state index >= 15 is 0 Å². The SMILES string of the molecule is CC(C)(C)[C@@H]1C=C[C@H](CO)CC1. The van der Waals surface area contributed by atoms with E-state index in [1.165, 1.54) is 6.42 Å².